The van der Waals surface area contributed by atoms with Gasteiger partial charge < -0.3 is 0 Å². The maximum absolute atomic E-state index is 4.08. The van der Waals surface area contributed by atoms with Crippen molar-refractivity contribution in [1.82, 2.24) is 0 Å². The van der Waals surface area contributed by atoms with Gasteiger partial charge in [0.2, 0.25) is 0 Å². The van der Waals surface area contributed by atoms with Crippen LogP contribution in [0, 0.1) is 29.6 Å². The van der Waals surface area contributed by atoms with Gasteiger partial charge in [0.05, 0.1) is 0 Å². The lowest BCUT2D eigenvalue weighted by Crippen LogP contribution is -2.32. The summed E-state index contributed by atoms with van der Waals surface area (Å²) in [4.78, 5) is 0. The molecule has 0 heteroatoms. The molecule has 1 aromatic carbocycles. The topological polar surface area (TPSA) is 0 Å². The van der Waals surface area contributed by atoms with Gasteiger partial charge in [0.1, 0.15) is 0 Å². The summed E-state index contributed by atoms with van der Waals surface area (Å²) in [5.74, 6) is 5.47. The fourth-order valence-corrected chi connectivity index (χ4v) is 7.67. The van der Waals surface area contributed by atoms with Gasteiger partial charge in [-0.15, -0.1) is 0 Å². The Bertz CT molecular complexity index is 809. The Morgan fingerprint density at radius 3 is 2.59 bits per heavy atom. The van der Waals surface area contributed by atoms with E-state index in [1.165, 1.54) is 75.3 Å². The maximum Gasteiger partial charge on any atom is -0.0131 e. The highest BCUT2D eigenvalue weighted by atomic mass is 14.5. The summed E-state index contributed by atoms with van der Waals surface area (Å²) in [6, 6.07) is 7.20. The molecular formula is C29H38. The van der Waals surface area contributed by atoms with Gasteiger partial charge in [0.25, 0.3) is 0 Å². The van der Waals surface area contributed by atoms with Crippen molar-refractivity contribution in [3.05, 3.63) is 59.2 Å². The van der Waals surface area contributed by atoms with E-state index in [0.717, 1.165) is 35.5 Å². The molecule has 6 unspecified atom stereocenters. The molecule has 154 valence electrons. The molecule has 0 aromatic heterocycles. The summed E-state index contributed by atoms with van der Waals surface area (Å²) in [6.07, 6.45) is 23.8. The van der Waals surface area contributed by atoms with E-state index >= 15 is 0 Å². The van der Waals surface area contributed by atoms with E-state index in [1.54, 1.807) is 5.56 Å². The summed E-state index contributed by atoms with van der Waals surface area (Å²) in [5, 5.41) is 0. The molecule has 0 N–H and O–H groups in total. The molecule has 0 spiro atoms. The monoisotopic (exact) mass is 386 g/mol. The molecule has 6 atom stereocenters. The van der Waals surface area contributed by atoms with E-state index in [4.69, 9.17) is 0 Å². The molecule has 0 radical (unpaired) electrons. The molecular weight excluding hydrogens is 348 g/mol. The van der Waals surface area contributed by atoms with E-state index < -0.39 is 0 Å². The molecule has 1 aromatic rings. The summed E-state index contributed by atoms with van der Waals surface area (Å²) in [5.41, 5.74) is 6.07. The van der Waals surface area contributed by atoms with Gasteiger partial charge in [0, 0.05) is 0 Å². The van der Waals surface area contributed by atoms with Crippen LogP contribution >= 0.6 is 0 Å². The summed E-state index contributed by atoms with van der Waals surface area (Å²) >= 11 is 0. The van der Waals surface area contributed by atoms with Crippen molar-refractivity contribution in [2.45, 2.75) is 77.0 Å². The summed E-state index contributed by atoms with van der Waals surface area (Å²) in [6.45, 7) is 6.18. The first-order valence-electron chi connectivity index (χ1n) is 12.4. The van der Waals surface area contributed by atoms with Gasteiger partial charge in [-0.2, -0.15) is 0 Å². The van der Waals surface area contributed by atoms with Crippen LogP contribution < -0.4 is 0 Å². The molecule has 3 saturated carbocycles. The Kier molecular flexibility index (Phi) is 5.55. The number of benzene rings is 1. The Morgan fingerprint density at radius 2 is 1.72 bits per heavy atom. The Morgan fingerprint density at radius 1 is 0.862 bits per heavy atom. The van der Waals surface area contributed by atoms with Crippen LogP contribution in [0.5, 0.6) is 0 Å². The van der Waals surface area contributed by atoms with E-state index in [-0.39, 0.29) is 0 Å². The number of rotatable bonds is 3. The molecule has 3 fully saturated rings. The number of allylic oxidation sites excluding steroid dienone is 3. The third kappa shape index (κ3) is 3.58. The average Bonchev–Trinajstić information content (AvgIpc) is 3.09. The molecule has 0 aliphatic heterocycles. The lowest BCUT2D eigenvalue weighted by molar-refractivity contribution is 0.121. The van der Waals surface area contributed by atoms with Crippen LogP contribution in [0.4, 0.5) is 0 Å². The molecule has 29 heavy (non-hydrogen) atoms. The van der Waals surface area contributed by atoms with Crippen molar-refractivity contribution in [2.75, 3.05) is 0 Å². The highest BCUT2D eigenvalue weighted by molar-refractivity contribution is 5.65. The van der Waals surface area contributed by atoms with Gasteiger partial charge in [-0.1, -0.05) is 61.1 Å². The van der Waals surface area contributed by atoms with E-state index in [9.17, 15) is 0 Å². The van der Waals surface area contributed by atoms with Crippen LogP contribution in [-0.4, -0.2) is 0 Å². The van der Waals surface area contributed by atoms with E-state index in [1.807, 2.05) is 11.6 Å². The van der Waals surface area contributed by atoms with Crippen LogP contribution in [0.3, 0.4) is 0 Å². The lowest BCUT2D eigenvalue weighted by Gasteiger charge is -2.40. The van der Waals surface area contributed by atoms with Crippen LogP contribution in [0.1, 0.15) is 93.7 Å². The third-order valence-corrected chi connectivity index (χ3v) is 8.99. The predicted molar refractivity (Wildman–Crippen MR) is 126 cm³/mol. The molecule has 0 heterocycles. The molecule has 0 saturated heterocycles. The zero-order valence-electron chi connectivity index (χ0n) is 18.3. The molecule has 4 aliphatic carbocycles. The minimum absolute atomic E-state index is 0.775. The number of hydrogen-bond acceptors (Lipinski definition) is 0. The highest BCUT2D eigenvalue weighted by Crippen LogP contribution is 2.57. The van der Waals surface area contributed by atoms with E-state index in [0.29, 0.717) is 0 Å². The lowest BCUT2D eigenvalue weighted by atomic mass is 9.64. The van der Waals surface area contributed by atoms with Crippen molar-refractivity contribution >= 4 is 12.2 Å². The number of hydrogen-bond donors (Lipinski definition) is 0. The largest absolute Gasteiger partial charge is 0.0984 e. The van der Waals surface area contributed by atoms with Crippen LogP contribution in [0.15, 0.2) is 42.5 Å². The number of fused-ring (bicyclic) bond motifs is 4. The van der Waals surface area contributed by atoms with Gasteiger partial charge in [-0.05, 0) is 117 Å². The second-order valence-corrected chi connectivity index (χ2v) is 10.3. The fourth-order valence-electron chi connectivity index (χ4n) is 7.67. The normalized spacial score (nSPS) is 36.7. The SMILES string of the molecule is C=Cc1cc(C2CCC3C4CCC5CCCCC5=CC4CCC23)ccc1/C=C\C. The molecule has 0 bridgehead atoms. The zero-order chi connectivity index (χ0) is 19.8. The average molecular weight is 387 g/mol. The highest BCUT2D eigenvalue weighted by Gasteiger charge is 2.46. The quantitative estimate of drug-likeness (QED) is 0.457. The van der Waals surface area contributed by atoms with Gasteiger partial charge >= 0.3 is 0 Å². The third-order valence-electron chi connectivity index (χ3n) is 8.99. The first-order chi connectivity index (χ1) is 14.3. The second kappa shape index (κ2) is 8.29. The molecule has 0 nitrogen and oxygen atoms in total. The van der Waals surface area contributed by atoms with Crippen molar-refractivity contribution < 1.29 is 0 Å². The van der Waals surface area contributed by atoms with Crippen molar-refractivity contribution in [3.63, 3.8) is 0 Å². The van der Waals surface area contributed by atoms with Gasteiger partial charge in [0.15, 0.2) is 0 Å². The summed E-state index contributed by atoms with van der Waals surface area (Å²) < 4.78 is 0. The van der Waals surface area contributed by atoms with Crippen LogP contribution in [0.2, 0.25) is 0 Å². The standard InChI is InChI=1S/C29H38/c1-3-7-21-10-11-24(18-20(21)4-2)27-16-17-29-26-14-12-22-8-5-6-9-23(22)19-25(26)13-15-28(27)29/h3-4,7,10-11,18-19,22,25-29H,2,5-6,8-9,12-17H2,1H3/b7-3-. The maximum atomic E-state index is 4.08. The van der Waals surface area contributed by atoms with Crippen LogP contribution in [0.25, 0.3) is 12.2 Å². The van der Waals surface area contributed by atoms with Gasteiger partial charge in [-0.25, -0.2) is 0 Å². The van der Waals surface area contributed by atoms with Crippen molar-refractivity contribution in [2.24, 2.45) is 29.6 Å². The van der Waals surface area contributed by atoms with E-state index in [2.05, 4.69) is 49.9 Å². The molecule has 0 amide bonds. The van der Waals surface area contributed by atoms with Gasteiger partial charge in [-0.3, -0.25) is 0 Å². The Hall–Kier alpha value is -1.56. The summed E-state index contributed by atoms with van der Waals surface area (Å²) in [7, 11) is 0. The van der Waals surface area contributed by atoms with Crippen LogP contribution in [-0.2, 0) is 0 Å². The minimum Gasteiger partial charge on any atom is -0.0984 e. The Labute approximate surface area is 178 Å². The molecule has 4 aliphatic rings. The fraction of sp³-hybridized carbons (Fsp3) is 0.586. The predicted octanol–water partition coefficient (Wildman–Crippen LogP) is 8.41. The Balaban J connectivity index is 1.38. The van der Waals surface area contributed by atoms with Crippen molar-refractivity contribution in [3.8, 4) is 0 Å². The van der Waals surface area contributed by atoms with Crippen molar-refractivity contribution in [1.29, 1.82) is 0 Å². The smallest absolute Gasteiger partial charge is 0.0131 e. The first-order valence-corrected chi connectivity index (χ1v) is 12.4. The first kappa shape index (κ1) is 19.4. The molecule has 5 rings (SSSR count). The second-order valence-electron chi connectivity index (χ2n) is 10.3. The zero-order valence-corrected chi connectivity index (χ0v) is 18.3. The minimum atomic E-state index is 0.775.